The lowest BCUT2D eigenvalue weighted by atomic mass is 10.2. The molecule has 0 aromatic rings. The average Bonchev–Trinajstić information content (AvgIpc) is 2.02. The van der Waals surface area contributed by atoms with Gasteiger partial charge >= 0.3 is 0 Å². The highest BCUT2D eigenvalue weighted by Crippen LogP contribution is 1.95. The molecular weight excluding hydrogens is 182 g/mol. The summed E-state index contributed by atoms with van der Waals surface area (Å²) in [5.74, 6) is -0.194. The molecule has 2 N–H and O–H groups in total. The van der Waals surface area contributed by atoms with E-state index < -0.39 is 0 Å². The molecule has 1 atom stereocenters. The Bertz CT molecular complexity index is 214. The first-order chi connectivity index (χ1) is 6.34. The number of rotatable bonds is 4. The summed E-state index contributed by atoms with van der Waals surface area (Å²) in [5, 5.41) is 0. The van der Waals surface area contributed by atoms with Gasteiger partial charge in [-0.25, -0.2) is 0 Å². The van der Waals surface area contributed by atoms with Gasteiger partial charge in [0.25, 0.3) is 0 Å². The molecule has 0 heterocycles. The van der Waals surface area contributed by atoms with E-state index in [1.165, 1.54) is 9.80 Å². The first-order valence-corrected chi connectivity index (χ1v) is 4.54. The fourth-order valence-electron chi connectivity index (χ4n) is 0.864. The van der Waals surface area contributed by atoms with Gasteiger partial charge < -0.3 is 15.5 Å². The molecule has 0 aliphatic rings. The largest absolute Gasteiger partial charge is 0.347 e. The minimum absolute atomic E-state index is 0.0921. The summed E-state index contributed by atoms with van der Waals surface area (Å²) in [5.41, 5.74) is 5.48. The molecule has 82 valence electrons. The summed E-state index contributed by atoms with van der Waals surface area (Å²) < 4.78 is 0. The van der Waals surface area contributed by atoms with E-state index in [1.54, 1.807) is 28.1 Å². The van der Waals surface area contributed by atoms with Crippen molar-refractivity contribution in [1.82, 2.24) is 9.80 Å². The number of likely N-dealkylation sites (N-methyl/N-ethyl adjacent to an activating group) is 2. The fourth-order valence-corrected chi connectivity index (χ4v) is 0.864. The van der Waals surface area contributed by atoms with Crippen molar-refractivity contribution in [3.8, 4) is 0 Å². The molecule has 14 heavy (non-hydrogen) atoms. The van der Waals surface area contributed by atoms with E-state index in [0.717, 1.165) is 0 Å². The van der Waals surface area contributed by atoms with Crippen molar-refractivity contribution in [3.05, 3.63) is 0 Å². The molecule has 0 radical (unpaired) electrons. The lowest BCUT2D eigenvalue weighted by molar-refractivity contribution is -0.138. The molecule has 2 amide bonds. The highest BCUT2D eigenvalue weighted by molar-refractivity contribution is 5.84. The third-order valence-corrected chi connectivity index (χ3v) is 1.79. The van der Waals surface area contributed by atoms with Gasteiger partial charge in [0.05, 0.1) is 6.54 Å². The monoisotopic (exact) mass is 201 g/mol. The van der Waals surface area contributed by atoms with Crippen LogP contribution in [0.25, 0.3) is 0 Å². The predicted molar refractivity (Wildman–Crippen MR) is 54.6 cm³/mol. The fraction of sp³-hybridized carbons (Fsp3) is 0.778. The Balaban J connectivity index is 4.01. The van der Waals surface area contributed by atoms with E-state index in [4.69, 9.17) is 5.73 Å². The van der Waals surface area contributed by atoms with E-state index in [-0.39, 0.29) is 30.8 Å². The number of hydrogen-bond acceptors (Lipinski definition) is 3. The van der Waals surface area contributed by atoms with Crippen molar-refractivity contribution in [2.24, 2.45) is 5.73 Å². The molecule has 0 rings (SSSR count). The van der Waals surface area contributed by atoms with Crippen molar-refractivity contribution in [2.75, 3.05) is 27.7 Å². The second-order valence-electron chi connectivity index (χ2n) is 3.72. The normalized spacial score (nSPS) is 12.1. The van der Waals surface area contributed by atoms with E-state index in [0.29, 0.717) is 0 Å². The number of carbonyl (C=O) groups is 2. The summed E-state index contributed by atoms with van der Waals surface area (Å²) in [7, 11) is 4.92. The van der Waals surface area contributed by atoms with E-state index in [2.05, 4.69) is 0 Å². The van der Waals surface area contributed by atoms with Gasteiger partial charge in [-0.15, -0.1) is 0 Å². The molecule has 5 nitrogen and oxygen atoms in total. The zero-order chi connectivity index (χ0) is 11.3. The number of amides is 2. The first-order valence-electron chi connectivity index (χ1n) is 4.54. The van der Waals surface area contributed by atoms with Crippen LogP contribution in [0.1, 0.15) is 13.3 Å². The topological polar surface area (TPSA) is 66.6 Å². The Labute approximate surface area is 84.8 Å². The van der Waals surface area contributed by atoms with Gasteiger partial charge in [-0.05, 0) is 6.92 Å². The quantitative estimate of drug-likeness (QED) is 0.652. The Hall–Kier alpha value is -1.10. The molecule has 0 saturated heterocycles. The lowest BCUT2D eigenvalue weighted by Crippen LogP contribution is -2.39. The summed E-state index contributed by atoms with van der Waals surface area (Å²) in [6.07, 6.45) is 0.275. The molecule has 0 spiro atoms. The third-order valence-electron chi connectivity index (χ3n) is 1.79. The van der Waals surface area contributed by atoms with Crippen LogP contribution >= 0.6 is 0 Å². The van der Waals surface area contributed by atoms with Gasteiger partial charge in [0.2, 0.25) is 11.8 Å². The van der Waals surface area contributed by atoms with Gasteiger partial charge in [0.1, 0.15) is 0 Å². The standard InChI is InChI=1S/C9H19N3O2/c1-7(10)5-8(13)12(4)6-9(14)11(2)3/h7H,5-6,10H2,1-4H3. The van der Waals surface area contributed by atoms with Crippen LogP contribution in [0.3, 0.4) is 0 Å². The number of carbonyl (C=O) groups excluding carboxylic acids is 2. The third kappa shape index (κ3) is 4.81. The maximum atomic E-state index is 11.4. The van der Waals surface area contributed by atoms with Crippen LogP contribution in [0.2, 0.25) is 0 Å². The van der Waals surface area contributed by atoms with Crippen LogP contribution < -0.4 is 5.73 Å². The maximum absolute atomic E-state index is 11.4. The minimum atomic E-state index is -0.167. The van der Waals surface area contributed by atoms with Crippen LogP contribution in [-0.4, -0.2) is 55.3 Å². The van der Waals surface area contributed by atoms with Gasteiger partial charge in [0, 0.05) is 33.6 Å². The van der Waals surface area contributed by atoms with Crippen molar-refractivity contribution in [2.45, 2.75) is 19.4 Å². The molecule has 0 fully saturated rings. The predicted octanol–water partition coefficient (Wildman–Crippen LogP) is -0.730. The minimum Gasteiger partial charge on any atom is -0.347 e. The van der Waals surface area contributed by atoms with Gasteiger partial charge in [-0.1, -0.05) is 0 Å². The highest BCUT2D eigenvalue weighted by atomic mass is 16.2. The molecule has 0 bridgehead atoms. The molecule has 0 aromatic carbocycles. The van der Waals surface area contributed by atoms with Crippen molar-refractivity contribution in [1.29, 1.82) is 0 Å². The van der Waals surface area contributed by atoms with Crippen LogP contribution in [0.15, 0.2) is 0 Å². The first kappa shape index (κ1) is 12.9. The molecule has 1 unspecified atom stereocenters. The molecule has 5 heteroatoms. The van der Waals surface area contributed by atoms with E-state index in [1.807, 2.05) is 0 Å². The van der Waals surface area contributed by atoms with Gasteiger partial charge in [-0.2, -0.15) is 0 Å². The number of nitrogens with two attached hydrogens (primary N) is 1. The summed E-state index contributed by atoms with van der Waals surface area (Å²) >= 11 is 0. The van der Waals surface area contributed by atoms with E-state index >= 15 is 0 Å². The Morgan fingerprint density at radius 2 is 1.71 bits per heavy atom. The molecular formula is C9H19N3O2. The molecule has 0 saturated carbocycles. The highest BCUT2D eigenvalue weighted by Gasteiger charge is 2.14. The van der Waals surface area contributed by atoms with Gasteiger partial charge in [0.15, 0.2) is 0 Å². The summed E-state index contributed by atoms with van der Waals surface area (Å²) in [6, 6.07) is -0.167. The lowest BCUT2D eigenvalue weighted by Gasteiger charge is -2.19. The number of nitrogens with zero attached hydrogens (tertiary/aromatic N) is 2. The van der Waals surface area contributed by atoms with Crippen LogP contribution in [0.4, 0.5) is 0 Å². The van der Waals surface area contributed by atoms with Crippen LogP contribution in [-0.2, 0) is 9.59 Å². The zero-order valence-electron chi connectivity index (χ0n) is 9.28. The van der Waals surface area contributed by atoms with Crippen molar-refractivity contribution < 1.29 is 9.59 Å². The maximum Gasteiger partial charge on any atom is 0.241 e. The van der Waals surface area contributed by atoms with Crippen molar-refractivity contribution in [3.63, 3.8) is 0 Å². The van der Waals surface area contributed by atoms with Gasteiger partial charge in [-0.3, -0.25) is 9.59 Å². The zero-order valence-corrected chi connectivity index (χ0v) is 9.28. The Kier molecular flexibility index (Phi) is 5.15. The molecule has 0 aliphatic heterocycles. The summed E-state index contributed by atoms with van der Waals surface area (Å²) in [6.45, 7) is 1.87. The smallest absolute Gasteiger partial charge is 0.241 e. The molecule has 0 aliphatic carbocycles. The Morgan fingerprint density at radius 1 is 1.21 bits per heavy atom. The average molecular weight is 201 g/mol. The number of hydrogen-bond donors (Lipinski definition) is 1. The molecule has 0 aromatic heterocycles. The summed E-state index contributed by atoms with van der Waals surface area (Å²) in [4.78, 5) is 25.5. The Morgan fingerprint density at radius 3 is 2.07 bits per heavy atom. The SMILES string of the molecule is CC(N)CC(=O)N(C)CC(=O)N(C)C. The van der Waals surface area contributed by atoms with Crippen molar-refractivity contribution >= 4 is 11.8 Å². The second-order valence-corrected chi connectivity index (χ2v) is 3.72. The van der Waals surface area contributed by atoms with Crippen LogP contribution in [0.5, 0.6) is 0 Å². The van der Waals surface area contributed by atoms with E-state index in [9.17, 15) is 9.59 Å². The second kappa shape index (κ2) is 5.59. The van der Waals surface area contributed by atoms with Crippen LogP contribution in [0, 0.1) is 0 Å².